The first-order valence-corrected chi connectivity index (χ1v) is 5.12. The third-order valence-electron chi connectivity index (χ3n) is 1.54. The molecule has 0 saturated heterocycles. The van der Waals surface area contributed by atoms with Crippen molar-refractivity contribution in [2.45, 2.75) is 4.90 Å². The Balaban J connectivity index is 3.30. The molecule has 0 atom stereocenters. The van der Waals surface area contributed by atoms with E-state index in [1.54, 1.807) is 0 Å². The number of carbonyl (C=O) groups excluding carboxylic acids is 2. The SMILES string of the molecule is O=COC(=O)c1ccccc1S(=O)(=O)O. The highest BCUT2D eigenvalue weighted by Gasteiger charge is 2.20. The van der Waals surface area contributed by atoms with Crippen LogP contribution in [0.15, 0.2) is 29.2 Å². The Bertz CT molecular complexity index is 490. The lowest BCUT2D eigenvalue weighted by atomic mass is 10.2. The molecule has 0 saturated carbocycles. The average molecular weight is 230 g/mol. The number of benzene rings is 1. The van der Waals surface area contributed by atoms with Crippen molar-refractivity contribution in [1.82, 2.24) is 0 Å². The van der Waals surface area contributed by atoms with Crippen LogP contribution in [-0.2, 0) is 19.6 Å². The molecular weight excluding hydrogens is 224 g/mol. The first kappa shape index (κ1) is 11.3. The quantitative estimate of drug-likeness (QED) is 0.346. The van der Waals surface area contributed by atoms with Crippen molar-refractivity contribution in [3.05, 3.63) is 29.8 Å². The molecule has 0 aliphatic rings. The van der Waals surface area contributed by atoms with Gasteiger partial charge in [0.1, 0.15) is 4.90 Å². The van der Waals surface area contributed by atoms with Crippen LogP contribution in [0.3, 0.4) is 0 Å². The molecule has 6 nitrogen and oxygen atoms in total. The Kier molecular flexibility index (Phi) is 3.17. The minimum Gasteiger partial charge on any atom is -0.392 e. The summed E-state index contributed by atoms with van der Waals surface area (Å²) < 4.78 is 34.4. The Labute approximate surface area is 85.2 Å². The second kappa shape index (κ2) is 4.20. The fourth-order valence-electron chi connectivity index (χ4n) is 0.967. The maximum Gasteiger partial charge on any atom is 0.347 e. The van der Waals surface area contributed by atoms with Crippen LogP contribution in [0, 0.1) is 0 Å². The van der Waals surface area contributed by atoms with Gasteiger partial charge >= 0.3 is 12.4 Å². The molecule has 0 aliphatic carbocycles. The molecule has 0 radical (unpaired) electrons. The monoisotopic (exact) mass is 230 g/mol. The highest BCUT2D eigenvalue weighted by molar-refractivity contribution is 7.86. The summed E-state index contributed by atoms with van der Waals surface area (Å²) >= 11 is 0. The van der Waals surface area contributed by atoms with E-state index < -0.39 is 26.5 Å². The molecule has 0 amide bonds. The van der Waals surface area contributed by atoms with Gasteiger partial charge in [-0.2, -0.15) is 8.42 Å². The zero-order chi connectivity index (χ0) is 11.5. The van der Waals surface area contributed by atoms with Crippen molar-refractivity contribution in [2.75, 3.05) is 0 Å². The third kappa shape index (κ3) is 2.61. The predicted molar refractivity (Wildman–Crippen MR) is 47.7 cm³/mol. The maximum atomic E-state index is 11.1. The molecular formula is C8H6O6S. The molecule has 1 N–H and O–H groups in total. The van der Waals surface area contributed by atoms with Gasteiger partial charge in [-0.25, -0.2) is 4.79 Å². The van der Waals surface area contributed by atoms with E-state index >= 15 is 0 Å². The van der Waals surface area contributed by atoms with Crippen LogP contribution < -0.4 is 0 Å². The fraction of sp³-hybridized carbons (Fsp3) is 0. The molecule has 0 aliphatic heterocycles. The van der Waals surface area contributed by atoms with E-state index in [1.807, 2.05) is 0 Å². The van der Waals surface area contributed by atoms with Crippen molar-refractivity contribution in [3.63, 3.8) is 0 Å². The standard InChI is InChI=1S/C8H6O6S/c9-5-14-8(10)6-3-1-2-4-7(6)15(11,12)13/h1-5H,(H,11,12,13). The minimum atomic E-state index is -4.51. The van der Waals surface area contributed by atoms with Crippen LogP contribution in [0.2, 0.25) is 0 Å². The molecule has 1 rings (SSSR count). The van der Waals surface area contributed by atoms with Crippen LogP contribution in [0.25, 0.3) is 0 Å². The first-order valence-electron chi connectivity index (χ1n) is 3.68. The summed E-state index contributed by atoms with van der Waals surface area (Å²) in [7, 11) is -4.51. The van der Waals surface area contributed by atoms with Crippen LogP contribution in [0.4, 0.5) is 0 Å². The first-order chi connectivity index (χ1) is 6.96. The van der Waals surface area contributed by atoms with E-state index in [4.69, 9.17) is 4.55 Å². The maximum absolute atomic E-state index is 11.1. The van der Waals surface area contributed by atoms with Gasteiger partial charge in [-0.3, -0.25) is 9.35 Å². The fourth-order valence-corrected chi connectivity index (χ4v) is 1.65. The predicted octanol–water partition coefficient (Wildman–Crippen LogP) is 0.246. The summed E-state index contributed by atoms with van der Waals surface area (Å²) in [6.45, 7) is -0.122. The lowest BCUT2D eigenvalue weighted by molar-refractivity contribution is -0.123. The van der Waals surface area contributed by atoms with Crippen LogP contribution in [0.5, 0.6) is 0 Å². The molecule has 1 aromatic rings. The Hall–Kier alpha value is -1.73. The van der Waals surface area contributed by atoms with Crippen LogP contribution in [0.1, 0.15) is 10.4 Å². The largest absolute Gasteiger partial charge is 0.392 e. The highest BCUT2D eigenvalue weighted by atomic mass is 32.2. The van der Waals surface area contributed by atoms with Gasteiger partial charge in [0.15, 0.2) is 0 Å². The number of carbonyl (C=O) groups is 2. The van der Waals surface area contributed by atoms with E-state index in [1.165, 1.54) is 12.1 Å². The van der Waals surface area contributed by atoms with Gasteiger partial charge in [-0.15, -0.1) is 0 Å². The van der Waals surface area contributed by atoms with Crippen molar-refractivity contribution >= 4 is 22.6 Å². The van der Waals surface area contributed by atoms with E-state index in [9.17, 15) is 18.0 Å². The zero-order valence-corrected chi connectivity index (χ0v) is 8.10. The normalized spacial score (nSPS) is 10.7. The molecule has 0 heterocycles. The topological polar surface area (TPSA) is 97.7 Å². The van der Waals surface area contributed by atoms with Gasteiger partial charge < -0.3 is 4.74 Å². The minimum absolute atomic E-state index is 0.122. The second-order valence-corrected chi connectivity index (χ2v) is 3.86. The number of rotatable bonds is 3. The van der Waals surface area contributed by atoms with Crippen LogP contribution >= 0.6 is 0 Å². The van der Waals surface area contributed by atoms with E-state index in [0.717, 1.165) is 12.1 Å². The molecule has 0 fully saturated rings. The van der Waals surface area contributed by atoms with Gasteiger partial charge in [0, 0.05) is 0 Å². The molecule has 80 valence electrons. The van der Waals surface area contributed by atoms with Gasteiger partial charge in [0.2, 0.25) is 0 Å². The van der Waals surface area contributed by atoms with E-state index in [2.05, 4.69) is 4.74 Å². The molecule has 0 aromatic heterocycles. The van der Waals surface area contributed by atoms with E-state index in [0.29, 0.717) is 0 Å². The molecule has 0 bridgehead atoms. The number of esters is 1. The van der Waals surface area contributed by atoms with Crippen molar-refractivity contribution in [3.8, 4) is 0 Å². The Morgan fingerprint density at radius 1 is 1.33 bits per heavy atom. The van der Waals surface area contributed by atoms with Gasteiger partial charge in [0.05, 0.1) is 5.56 Å². The highest BCUT2D eigenvalue weighted by Crippen LogP contribution is 2.15. The third-order valence-corrected chi connectivity index (χ3v) is 2.45. The molecule has 0 spiro atoms. The molecule has 0 unspecified atom stereocenters. The lowest BCUT2D eigenvalue weighted by Crippen LogP contribution is -2.10. The van der Waals surface area contributed by atoms with E-state index in [-0.39, 0.29) is 6.47 Å². The van der Waals surface area contributed by atoms with Gasteiger partial charge in [-0.1, -0.05) is 12.1 Å². The molecule has 1 aromatic carbocycles. The summed E-state index contributed by atoms with van der Waals surface area (Å²) in [6, 6.07) is 4.84. The van der Waals surface area contributed by atoms with Crippen molar-refractivity contribution in [2.24, 2.45) is 0 Å². The smallest absolute Gasteiger partial charge is 0.347 e. The summed E-state index contributed by atoms with van der Waals surface area (Å²) in [5.41, 5.74) is -0.396. The van der Waals surface area contributed by atoms with Crippen molar-refractivity contribution in [1.29, 1.82) is 0 Å². The van der Waals surface area contributed by atoms with Gasteiger partial charge in [-0.05, 0) is 12.1 Å². The summed E-state index contributed by atoms with van der Waals surface area (Å²) in [4.78, 5) is 20.4. The summed E-state index contributed by atoms with van der Waals surface area (Å²) in [6.07, 6.45) is 0. The summed E-state index contributed by atoms with van der Waals surface area (Å²) in [5, 5.41) is 0. The van der Waals surface area contributed by atoms with Crippen LogP contribution in [-0.4, -0.2) is 25.4 Å². The lowest BCUT2D eigenvalue weighted by Gasteiger charge is -2.02. The van der Waals surface area contributed by atoms with Crippen molar-refractivity contribution < 1.29 is 27.3 Å². The molecule has 15 heavy (non-hydrogen) atoms. The summed E-state index contributed by atoms with van der Waals surface area (Å²) in [5.74, 6) is -1.14. The average Bonchev–Trinajstić information content (AvgIpc) is 2.17. The Morgan fingerprint density at radius 3 is 2.47 bits per heavy atom. The zero-order valence-electron chi connectivity index (χ0n) is 7.28. The Morgan fingerprint density at radius 2 is 1.93 bits per heavy atom. The number of ether oxygens (including phenoxy) is 1. The number of hydrogen-bond donors (Lipinski definition) is 1. The second-order valence-electron chi connectivity index (χ2n) is 2.47. The molecule has 7 heteroatoms. The number of hydrogen-bond acceptors (Lipinski definition) is 5. The van der Waals surface area contributed by atoms with Gasteiger partial charge in [0.25, 0.3) is 10.1 Å².